The number of hydrogen-bond acceptors (Lipinski definition) is 11. The minimum atomic E-state index is -4.69. The van der Waals surface area contributed by atoms with Gasteiger partial charge in [-0.25, -0.2) is 4.57 Å². The Hall–Kier alpha value is -1.72. The fourth-order valence-corrected chi connectivity index (χ4v) is 3.06. The zero-order valence-electron chi connectivity index (χ0n) is 15.4. The molecule has 1 aliphatic heterocycles. The number of carbonyl (C=O) groups is 4. The number of ether oxygens (including phenoxy) is 5. The van der Waals surface area contributed by atoms with Crippen molar-refractivity contribution in [2.75, 3.05) is 6.61 Å². The van der Waals surface area contributed by atoms with Gasteiger partial charge in [-0.3, -0.25) is 23.7 Å². The summed E-state index contributed by atoms with van der Waals surface area (Å²) in [6.45, 7) is -1.00. The summed E-state index contributed by atoms with van der Waals surface area (Å²) in [5, 5.41) is 0. The second-order valence-corrected chi connectivity index (χ2v) is 8.02. The van der Waals surface area contributed by atoms with Crippen molar-refractivity contribution >= 4 is 42.1 Å². The van der Waals surface area contributed by atoms with Gasteiger partial charge < -0.3 is 28.6 Å². The molecule has 0 aromatic rings. The highest BCUT2D eigenvalue weighted by atomic mass is 35.7. The second kappa shape index (κ2) is 10.2. The third kappa shape index (κ3) is 8.11. The summed E-state index contributed by atoms with van der Waals surface area (Å²) in [6, 6.07) is 0. The van der Waals surface area contributed by atoms with Crippen LogP contribution in [-0.2, 0) is 52.0 Å². The Morgan fingerprint density at radius 2 is 1.36 bits per heavy atom. The first kappa shape index (κ1) is 24.3. The van der Waals surface area contributed by atoms with Crippen LogP contribution < -0.4 is 0 Å². The van der Waals surface area contributed by atoms with Gasteiger partial charge in [0.2, 0.25) is 6.29 Å². The van der Waals surface area contributed by atoms with E-state index in [4.69, 9.17) is 39.4 Å². The maximum Gasteiger partial charge on any atom is 0.424 e. The number of esters is 4. The van der Waals surface area contributed by atoms with Gasteiger partial charge in [0.05, 0.1) is 0 Å². The summed E-state index contributed by atoms with van der Waals surface area (Å²) < 4.78 is 41.6. The van der Waals surface area contributed by atoms with Gasteiger partial charge in [-0.15, -0.1) is 0 Å². The molecular formula is C14H20ClO12P. The molecule has 0 spiro atoms. The molecule has 1 fully saturated rings. The number of halogens is 1. The molecule has 1 aliphatic rings. The topological polar surface area (TPSA) is 161 Å². The van der Waals surface area contributed by atoms with E-state index in [9.17, 15) is 28.6 Å². The standard InChI is InChI=1S/C14H20ClO12P/c1-6(16)22-5-10-11(23-7(2)17)12(24-8(3)18)13(25-9(4)19)14(26-10)27-28(15,20)21/h10-14H,5H2,1-4H3,(H,20,21)/t10-,11-,12+,13-,14+/m1/s1. The Kier molecular flexibility index (Phi) is 8.83. The summed E-state index contributed by atoms with van der Waals surface area (Å²) in [6.07, 6.45) is -7.67. The van der Waals surface area contributed by atoms with Crippen molar-refractivity contribution in [1.29, 1.82) is 0 Å². The average Bonchev–Trinajstić information content (AvgIpc) is 2.48. The summed E-state index contributed by atoms with van der Waals surface area (Å²) >= 11 is 5.21. The highest BCUT2D eigenvalue weighted by Gasteiger charge is 2.54. The first-order valence-electron chi connectivity index (χ1n) is 7.81. The molecule has 1 N–H and O–H groups in total. The van der Waals surface area contributed by atoms with Gasteiger partial charge >= 0.3 is 30.8 Å². The van der Waals surface area contributed by atoms with Crippen LogP contribution in [0.5, 0.6) is 0 Å². The summed E-state index contributed by atoms with van der Waals surface area (Å²) in [5.41, 5.74) is 0. The third-order valence-corrected chi connectivity index (χ3v) is 3.89. The van der Waals surface area contributed by atoms with Crippen molar-refractivity contribution < 1.29 is 56.8 Å². The maximum absolute atomic E-state index is 11.5. The third-order valence-electron chi connectivity index (χ3n) is 3.18. The number of hydrogen-bond donors (Lipinski definition) is 1. The van der Waals surface area contributed by atoms with Crippen LogP contribution in [-0.4, -0.2) is 66.1 Å². The van der Waals surface area contributed by atoms with Crippen LogP contribution in [0.3, 0.4) is 0 Å². The monoisotopic (exact) mass is 446 g/mol. The van der Waals surface area contributed by atoms with E-state index >= 15 is 0 Å². The van der Waals surface area contributed by atoms with Crippen LogP contribution >= 0.6 is 18.2 Å². The SMILES string of the molecule is CC(=O)OC[C@H]1O[C@@H](OP(=O)(O)Cl)[C@H](OC(C)=O)[C@@H](OC(C)=O)[C@@H]1OC(C)=O. The van der Waals surface area contributed by atoms with Crippen LogP contribution in [0.4, 0.5) is 0 Å². The molecule has 0 radical (unpaired) electrons. The maximum atomic E-state index is 11.5. The first-order valence-corrected chi connectivity index (χ1v) is 10.3. The van der Waals surface area contributed by atoms with Crippen LogP contribution in [0, 0.1) is 0 Å². The molecule has 1 unspecified atom stereocenters. The number of carbonyl (C=O) groups excluding carboxylic acids is 4. The van der Waals surface area contributed by atoms with Gasteiger partial charge in [0.15, 0.2) is 18.3 Å². The lowest BCUT2D eigenvalue weighted by molar-refractivity contribution is -0.289. The van der Waals surface area contributed by atoms with Crippen molar-refractivity contribution in [3.05, 3.63) is 0 Å². The average molecular weight is 447 g/mol. The van der Waals surface area contributed by atoms with Crippen molar-refractivity contribution in [2.24, 2.45) is 0 Å². The van der Waals surface area contributed by atoms with Crippen LogP contribution in [0.25, 0.3) is 0 Å². The quantitative estimate of drug-likeness (QED) is 0.326. The second-order valence-electron chi connectivity index (χ2n) is 5.62. The van der Waals surface area contributed by atoms with Gasteiger partial charge in [0, 0.05) is 38.9 Å². The van der Waals surface area contributed by atoms with E-state index in [1.807, 2.05) is 0 Å². The van der Waals surface area contributed by atoms with Gasteiger partial charge in [-0.05, 0) is 0 Å². The minimum Gasteiger partial charge on any atom is -0.463 e. The van der Waals surface area contributed by atoms with Crippen molar-refractivity contribution in [3.8, 4) is 0 Å². The smallest absolute Gasteiger partial charge is 0.424 e. The highest BCUT2D eigenvalue weighted by molar-refractivity contribution is 7.80. The van der Waals surface area contributed by atoms with E-state index in [-0.39, 0.29) is 0 Å². The Morgan fingerprint density at radius 1 is 0.893 bits per heavy atom. The molecule has 1 saturated heterocycles. The van der Waals surface area contributed by atoms with Crippen molar-refractivity contribution in [3.63, 3.8) is 0 Å². The summed E-state index contributed by atoms with van der Waals surface area (Å²) in [5.74, 6) is -3.27. The Bertz CT molecular complexity index is 661. The molecule has 0 amide bonds. The van der Waals surface area contributed by atoms with E-state index in [1.165, 1.54) is 0 Å². The molecule has 0 bridgehead atoms. The van der Waals surface area contributed by atoms with Crippen molar-refractivity contribution in [1.82, 2.24) is 0 Å². The van der Waals surface area contributed by atoms with E-state index < -0.39 is 68.1 Å². The van der Waals surface area contributed by atoms with E-state index in [1.54, 1.807) is 0 Å². The lowest BCUT2D eigenvalue weighted by Gasteiger charge is -2.43. The Labute approximate surface area is 164 Å². The molecule has 0 aromatic carbocycles. The zero-order valence-corrected chi connectivity index (χ0v) is 17.0. The molecule has 1 heterocycles. The van der Waals surface area contributed by atoms with E-state index in [2.05, 4.69) is 0 Å². The molecule has 0 aliphatic carbocycles. The van der Waals surface area contributed by atoms with Gasteiger partial charge in [0.25, 0.3) is 0 Å². The van der Waals surface area contributed by atoms with Gasteiger partial charge in [-0.2, -0.15) is 0 Å². The largest absolute Gasteiger partial charge is 0.463 e. The van der Waals surface area contributed by atoms with Crippen molar-refractivity contribution in [2.45, 2.75) is 58.4 Å². The van der Waals surface area contributed by atoms with E-state index in [0.29, 0.717) is 0 Å². The first-order chi connectivity index (χ1) is 12.8. The highest BCUT2D eigenvalue weighted by Crippen LogP contribution is 2.50. The predicted molar refractivity (Wildman–Crippen MR) is 88.7 cm³/mol. The molecule has 1 rings (SSSR count). The Morgan fingerprint density at radius 3 is 1.79 bits per heavy atom. The summed E-state index contributed by atoms with van der Waals surface area (Å²) in [7, 11) is 0. The van der Waals surface area contributed by atoms with E-state index in [0.717, 1.165) is 27.7 Å². The van der Waals surface area contributed by atoms with Gasteiger partial charge in [-0.1, -0.05) is 0 Å². The molecule has 0 saturated carbocycles. The Balaban J connectivity index is 3.34. The molecule has 28 heavy (non-hydrogen) atoms. The molecule has 0 aromatic heterocycles. The minimum absolute atomic E-state index is 0.504. The molecule has 160 valence electrons. The lowest BCUT2D eigenvalue weighted by Crippen LogP contribution is -2.62. The molecular weight excluding hydrogens is 427 g/mol. The fraction of sp³-hybridized carbons (Fsp3) is 0.714. The zero-order chi connectivity index (χ0) is 21.6. The molecule has 12 nitrogen and oxygen atoms in total. The number of rotatable bonds is 7. The van der Waals surface area contributed by atoms with Crippen LogP contribution in [0.15, 0.2) is 0 Å². The fourth-order valence-electron chi connectivity index (χ4n) is 2.40. The summed E-state index contributed by atoms with van der Waals surface area (Å²) in [4.78, 5) is 54.9. The van der Waals surface area contributed by atoms with Crippen LogP contribution in [0.2, 0.25) is 0 Å². The normalized spacial score (nSPS) is 29.1. The molecule has 14 heteroatoms. The van der Waals surface area contributed by atoms with Gasteiger partial charge in [0.1, 0.15) is 12.7 Å². The lowest BCUT2D eigenvalue weighted by atomic mass is 9.98. The van der Waals surface area contributed by atoms with Crippen LogP contribution in [0.1, 0.15) is 27.7 Å². The molecule has 6 atom stereocenters. The predicted octanol–water partition coefficient (Wildman–Crippen LogP) is 0.425.